The highest BCUT2D eigenvalue weighted by Gasteiger charge is 2.40. The number of nitrogens with zero attached hydrogens (tertiary/aromatic N) is 5. The van der Waals surface area contributed by atoms with Crippen molar-refractivity contribution in [1.82, 2.24) is 34.7 Å². The lowest BCUT2D eigenvalue weighted by Gasteiger charge is -2.30. The van der Waals surface area contributed by atoms with E-state index in [4.69, 9.17) is 19.4 Å². The van der Waals surface area contributed by atoms with Gasteiger partial charge in [0.2, 0.25) is 0 Å². The normalized spacial score (nSPS) is 20.8. The summed E-state index contributed by atoms with van der Waals surface area (Å²) in [5.41, 5.74) is 5.36. The number of H-pyrrole nitrogens is 2. The van der Waals surface area contributed by atoms with Gasteiger partial charge in [-0.3, -0.25) is 9.80 Å². The number of amides is 2. The highest BCUT2D eigenvalue weighted by atomic mass is 16.6. The van der Waals surface area contributed by atoms with E-state index in [9.17, 15) is 9.59 Å². The van der Waals surface area contributed by atoms with Gasteiger partial charge >= 0.3 is 12.2 Å². The summed E-state index contributed by atoms with van der Waals surface area (Å²) in [5, 5.41) is 1.03. The van der Waals surface area contributed by atoms with E-state index >= 15 is 0 Å². The van der Waals surface area contributed by atoms with Gasteiger partial charge in [0.25, 0.3) is 0 Å². The fourth-order valence-electron chi connectivity index (χ4n) is 7.33. The van der Waals surface area contributed by atoms with Gasteiger partial charge in [0.05, 0.1) is 35.2 Å². The van der Waals surface area contributed by atoms with Crippen molar-refractivity contribution < 1.29 is 19.1 Å². The monoisotopic (exact) mass is 703 g/mol. The van der Waals surface area contributed by atoms with Crippen LogP contribution in [0.3, 0.4) is 0 Å². The van der Waals surface area contributed by atoms with Crippen molar-refractivity contribution in [3.63, 3.8) is 0 Å². The number of benzene rings is 2. The average molecular weight is 704 g/mol. The number of hydrogen-bond acceptors (Lipinski definition) is 7. The van der Waals surface area contributed by atoms with E-state index in [-0.39, 0.29) is 36.4 Å². The number of aromatic amines is 2. The molecule has 11 nitrogen and oxygen atoms in total. The molecule has 4 atom stereocenters. The lowest BCUT2D eigenvalue weighted by Crippen LogP contribution is -2.40. The Balaban J connectivity index is 1.05. The van der Waals surface area contributed by atoms with Crippen LogP contribution in [-0.2, 0) is 9.47 Å². The second-order valence-electron chi connectivity index (χ2n) is 16.2. The molecule has 0 radical (unpaired) electrons. The molecule has 0 spiro atoms. The van der Waals surface area contributed by atoms with Crippen LogP contribution in [0.4, 0.5) is 9.59 Å². The predicted octanol–water partition coefficient (Wildman–Crippen LogP) is 9.60. The number of rotatable bonds is 5. The largest absolute Gasteiger partial charge is 0.444 e. The smallest absolute Gasteiger partial charge is 0.411 e. The fraction of sp³-hybridized carbons (Fsp3) is 0.439. The van der Waals surface area contributed by atoms with Gasteiger partial charge in [-0.25, -0.2) is 24.5 Å². The van der Waals surface area contributed by atoms with Crippen LogP contribution in [0.5, 0.6) is 0 Å². The molecule has 0 aliphatic carbocycles. The van der Waals surface area contributed by atoms with Gasteiger partial charge in [0, 0.05) is 23.7 Å². The second-order valence-corrected chi connectivity index (χ2v) is 16.2. The van der Waals surface area contributed by atoms with Gasteiger partial charge in [0.1, 0.15) is 28.5 Å². The quantitative estimate of drug-likeness (QED) is 0.186. The van der Waals surface area contributed by atoms with Crippen molar-refractivity contribution in [3.05, 3.63) is 78.6 Å². The van der Waals surface area contributed by atoms with Crippen LogP contribution >= 0.6 is 0 Å². The van der Waals surface area contributed by atoms with Crippen LogP contribution in [0.15, 0.2) is 67.0 Å². The molecule has 5 aromatic rings. The highest BCUT2D eigenvalue weighted by Crippen LogP contribution is 2.38. The molecule has 0 saturated carbocycles. The number of imidazole rings is 2. The number of carbonyl (C=O) groups is 2. The molecule has 2 fully saturated rings. The van der Waals surface area contributed by atoms with E-state index in [0.29, 0.717) is 0 Å². The lowest BCUT2D eigenvalue weighted by molar-refractivity contribution is 0.0141. The van der Waals surface area contributed by atoms with E-state index in [2.05, 4.69) is 71.3 Å². The summed E-state index contributed by atoms with van der Waals surface area (Å²) in [5.74, 6) is 1.52. The minimum Gasteiger partial charge on any atom is -0.444 e. The molecule has 2 saturated heterocycles. The molecule has 272 valence electrons. The zero-order valence-corrected chi connectivity index (χ0v) is 31.4. The Bertz CT molecular complexity index is 2090. The third-order valence-corrected chi connectivity index (χ3v) is 9.85. The Kier molecular flexibility index (Phi) is 9.09. The minimum absolute atomic E-state index is 0.0697. The van der Waals surface area contributed by atoms with Crippen molar-refractivity contribution in [1.29, 1.82) is 0 Å². The summed E-state index contributed by atoms with van der Waals surface area (Å²) >= 11 is 0. The van der Waals surface area contributed by atoms with Crippen LogP contribution in [0, 0.1) is 0 Å². The van der Waals surface area contributed by atoms with Crippen molar-refractivity contribution in [2.24, 2.45) is 0 Å². The molecule has 2 aliphatic heterocycles. The Morgan fingerprint density at radius 2 is 1.27 bits per heavy atom. The molecule has 11 heteroatoms. The van der Waals surface area contributed by atoms with Gasteiger partial charge < -0.3 is 19.4 Å². The maximum Gasteiger partial charge on any atom is 0.411 e. The lowest BCUT2D eigenvalue weighted by atomic mass is 10.0. The summed E-state index contributed by atoms with van der Waals surface area (Å²) in [7, 11) is 0. The van der Waals surface area contributed by atoms with Gasteiger partial charge in [-0.2, -0.15) is 0 Å². The Labute approximate surface area is 305 Å². The first-order valence-electron chi connectivity index (χ1n) is 18.3. The van der Waals surface area contributed by atoms with Crippen LogP contribution in [0.25, 0.3) is 44.7 Å². The molecular formula is C41H49N7O4. The Morgan fingerprint density at radius 1 is 0.692 bits per heavy atom. The van der Waals surface area contributed by atoms with E-state index in [1.807, 2.05) is 71.0 Å². The number of pyridine rings is 1. The standard InChI is InChI=1S/C41H49N7O4/c1-24-9-19-34(47(24)38(49)51-40(3,4)5)36-42-22-32(45-36)27-13-11-26(12-14-27)28-15-17-30-29(21-28)16-18-31(44-30)33-23-43-37(46-33)35-20-10-25(2)48(35)39(50)52-41(6,7)8/h11-18,21-25,34-35H,9-10,19-20H2,1-8H3,(H,42,45)(H,43,46)/t24-,25-,34-,35-/m0/s1. The molecular weight excluding hydrogens is 654 g/mol. The van der Waals surface area contributed by atoms with E-state index < -0.39 is 11.2 Å². The van der Waals surface area contributed by atoms with Gasteiger partial charge in [0.15, 0.2) is 0 Å². The maximum absolute atomic E-state index is 13.0. The Hall–Kier alpha value is -5.19. The van der Waals surface area contributed by atoms with Crippen molar-refractivity contribution in [3.8, 4) is 33.8 Å². The third kappa shape index (κ3) is 7.26. The molecule has 2 amide bonds. The van der Waals surface area contributed by atoms with Crippen molar-refractivity contribution in [2.45, 2.75) is 116 Å². The van der Waals surface area contributed by atoms with Crippen LogP contribution in [0.2, 0.25) is 0 Å². The predicted molar refractivity (Wildman–Crippen MR) is 201 cm³/mol. The number of ether oxygens (including phenoxy) is 2. The molecule has 0 bridgehead atoms. The number of aromatic nitrogens is 5. The molecule has 52 heavy (non-hydrogen) atoms. The number of likely N-dealkylation sites (tertiary alicyclic amines) is 2. The number of fused-ring (bicyclic) bond motifs is 1. The minimum atomic E-state index is -0.565. The molecule has 7 rings (SSSR count). The average Bonchev–Trinajstić information content (AvgIpc) is 3.89. The first-order chi connectivity index (χ1) is 24.6. The molecule has 2 N–H and O–H groups in total. The summed E-state index contributed by atoms with van der Waals surface area (Å²) in [6.45, 7) is 15.4. The summed E-state index contributed by atoms with van der Waals surface area (Å²) < 4.78 is 11.4. The third-order valence-electron chi connectivity index (χ3n) is 9.85. The van der Waals surface area contributed by atoms with E-state index in [1.54, 1.807) is 4.90 Å². The summed E-state index contributed by atoms with van der Waals surface area (Å²) in [4.78, 5) is 51.0. The van der Waals surface area contributed by atoms with Crippen LogP contribution in [0.1, 0.15) is 105 Å². The Morgan fingerprint density at radius 3 is 1.88 bits per heavy atom. The van der Waals surface area contributed by atoms with Gasteiger partial charge in [-0.05, 0) is 116 Å². The first-order valence-corrected chi connectivity index (χ1v) is 18.3. The molecule has 2 aromatic carbocycles. The zero-order valence-electron chi connectivity index (χ0n) is 31.4. The second kappa shape index (κ2) is 13.4. The maximum atomic E-state index is 13.0. The summed E-state index contributed by atoms with van der Waals surface area (Å²) in [6, 6.07) is 18.6. The topological polar surface area (TPSA) is 129 Å². The van der Waals surface area contributed by atoms with Crippen LogP contribution < -0.4 is 0 Å². The molecule has 3 aromatic heterocycles. The zero-order chi connectivity index (χ0) is 36.9. The number of nitrogens with one attached hydrogen (secondary N) is 2. The molecule has 0 unspecified atom stereocenters. The van der Waals surface area contributed by atoms with E-state index in [1.165, 1.54) is 0 Å². The first kappa shape index (κ1) is 35.2. The van der Waals surface area contributed by atoms with Gasteiger partial charge in [-0.1, -0.05) is 36.4 Å². The molecule has 2 aliphatic rings. The van der Waals surface area contributed by atoms with Gasteiger partial charge in [-0.15, -0.1) is 0 Å². The SMILES string of the molecule is C[C@H]1CC[C@@H](c2nc(-c3ccc4cc(-c5ccc(-c6cnc([C@@H]7CC[C@H](C)N7C(=O)OC(C)(C)C)[nH]6)cc5)ccc4n3)c[nH]2)N1C(=O)OC(C)(C)C. The van der Waals surface area contributed by atoms with Crippen LogP contribution in [-0.4, -0.2) is 70.2 Å². The van der Waals surface area contributed by atoms with Crippen molar-refractivity contribution in [2.75, 3.05) is 0 Å². The number of carbonyl (C=O) groups excluding carboxylic acids is 2. The highest BCUT2D eigenvalue weighted by molar-refractivity contribution is 5.86. The van der Waals surface area contributed by atoms with Crippen molar-refractivity contribution >= 4 is 23.1 Å². The molecule has 5 heterocycles. The fourth-order valence-corrected chi connectivity index (χ4v) is 7.33. The summed E-state index contributed by atoms with van der Waals surface area (Å²) in [6.07, 6.45) is 6.53. The van der Waals surface area contributed by atoms with E-state index in [0.717, 1.165) is 82.0 Å². The number of hydrogen-bond donors (Lipinski definition) is 2.